The first-order valence-electron chi connectivity index (χ1n) is 6.01. The second kappa shape index (κ2) is 5.48. The van der Waals surface area contributed by atoms with Crippen molar-refractivity contribution >= 4 is 5.69 Å². The maximum atomic E-state index is 5.91. The fourth-order valence-corrected chi connectivity index (χ4v) is 1.91. The molecular weight excluding hydrogens is 212 g/mol. The molecule has 0 amide bonds. The topological polar surface area (TPSA) is 56.7 Å². The number of anilines is 1. The zero-order valence-corrected chi connectivity index (χ0v) is 10.1. The summed E-state index contributed by atoms with van der Waals surface area (Å²) < 4.78 is 2.11. The van der Waals surface area contributed by atoms with Crippen molar-refractivity contribution < 1.29 is 0 Å². The minimum absolute atomic E-state index is 0.856. The Balaban J connectivity index is 2.02. The summed E-state index contributed by atoms with van der Waals surface area (Å²) in [5.74, 6) is 1.04. The van der Waals surface area contributed by atoms with Crippen molar-refractivity contribution in [2.24, 2.45) is 0 Å². The molecule has 0 atom stereocenters. The molecular formula is C13H18N4. The first-order valence-corrected chi connectivity index (χ1v) is 6.01. The summed E-state index contributed by atoms with van der Waals surface area (Å²) in [7, 11) is 0. The van der Waals surface area contributed by atoms with Crippen LogP contribution in [0.25, 0.3) is 0 Å². The maximum absolute atomic E-state index is 5.91. The fraction of sp³-hybridized carbons (Fsp3) is 0.385. The highest BCUT2D eigenvalue weighted by Crippen LogP contribution is 2.13. The smallest absolute Gasteiger partial charge is 0.133 e. The van der Waals surface area contributed by atoms with Crippen LogP contribution in [0.4, 0.5) is 5.69 Å². The van der Waals surface area contributed by atoms with E-state index in [0.717, 1.165) is 37.3 Å². The third kappa shape index (κ3) is 2.84. The molecule has 1 aromatic heterocycles. The van der Waals surface area contributed by atoms with Gasteiger partial charge in [-0.1, -0.05) is 25.1 Å². The number of benzene rings is 1. The van der Waals surface area contributed by atoms with Gasteiger partial charge in [-0.15, -0.1) is 10.2 Å². The van der Waals surface area contributed by atoms with Crippen LogP contribution in [-0.2, 0) is 19.4 Å². The van der Waals surface area contributed by atoms with E-state index in [4.69, 9.17) is 5.73 Å². The molecule has 0 bridgehead atoms. The van der Waals surface area contributed by atoms with E-state index in [-0.39, 0.29) is 0 Å². The van der Waals surface area contributed by atoms with Crippen LogP contribution < -0.4 is 5.73 Å². The molecule has 0 aliphatic heterocycles. The van der Waals surface area contributed by atoms with Gasteiger partial charge in [0.1, 0.15) is 12.2 Å². The van der Waals surface area contributed by atoms with Gasteiger partial charge in [0.25, 0.3) is 0 Å². The molecule has 0 unspecified atom stereocenters. The lowest BCUT2D eigenvalue weighted by Crippen LogP contribution is -2.05. The second-order valence-electron chi connectivity index (χ2n) is 4.14. The number of para-hydroxylation sites is 1. The van der Waals surface area contributed by atoms with Crippen molar-refractivity contribution in [1.82, 2.24) is 14.8 Å². The molecule has 1 aromatic carbocycles. The highest BCUT2D eigenvalue weighted by atomic mass is 15.3. The summed E-state index contributed by atoms with van der Waals surface area (Å²) in [6, 6.07) is 7.98. The summed E-state index contributed by atoms with van der Waals surface area (Å²) in [5.41, 5.74) is 7.95. The molecule has 1 heterocycles. The van der Waals surface area contributed by atoms with Crippen LogP contribution in [0.1, 0.15) is 24.7 Å². The fourth-order valence-electron chi connectivity index (χ4n) is 1.91. The molecule has 0 aliphatic rings. The van der Waals surface area contributed by atoms with Crippen LogP contribution in [0.3, 0.4) is 0 Å². The monoisotopic (exact) mass is 230 g/mol. The van der Waals surface area contributed by atoms with Gasteiger partial charge in [0, 0.05) is 18.7 Å². The van der Waals surface area contributed by atoms with Gasteiger partial charge in [0.15, 0.2) is 0 Å². The first kappa shape index (κ1) is 11.6. The molecule has 0 saturated heterocycles. The maximum Gasteiger partial charge on any atom is 0.133 e. The van der Waals surface area contributed by atoms with Crippen LogP contribution in [0.15, 0.2) is 30.6 Å². The predicted octanol–water partition coefficient (Wildman–Crippen LogP) is 2.06. The molecule has 0 saturated carbocycles. The molecule has 2 rings (SSSR count). The summed E-state index contributed by atoms with van der Waals surface area (Å²) in [6.07, 6.45) is 4.69. The van der Waals surface area contributed by atoms with Crippen molar-refractivity contribution in [2.45, 2.75) is 32.7 Å². The van der Waals surface area contributed by atoms with Gasteiger partial charge in [0.05, 0.1) is 0 Å². The van der Waals surface area contributed by atoms with Gasteiger partial charge in [-0.2, -0.15) is 0 Å². The Morgan fingerprint density at radius 3 is 2.82 bits per heavy atom. The van der Waals surface area contributed by atoms with Crippen LogP contribution in [0.5, 0.6) is 0 Å². The van der Waals surface area contributed by atoms with Crippen molar-refractivity contribution in [3.8, 4) is 0 Å². The SMILES string of the molecule is CCCn1cnnc1CCc1ccccc1N. The molecule has 2 N–H and O–H groups in total. The van der Waals surface area contributed by atoms with Crippen molar-refractivity contribution in [3.05, 3.63) is 42.0 Å². The molecule has 0 spiro atoms. The average molecular weight is 230 g/mol. The molecule has 90 valence electrons. The Morgan fingerprint density at radius 1 is 1.24 bits per heavy atom. The lowest BCUT2D eigenvalue weighted by atomic mass is 10.1. The van der Waals surface area contributed by atoms with Gasteiger partial charge < -0.3 is 10.3 Å². The Bertz CT molecular complexity index is 476. The van der Waals surface area contributed by atoms with E-state index >= 15 is 0 Å². The first-order chi connectivity index (χ1) is 8.31. The summed E-state index contributed by atoms with van der Waals surface area (Å²) in [6.45, 7) is 3.13. The summed E-state index contributed by atoms with van der Waals surface area (Å²) >= 11 is 0. The minimum atomic E-state index is 0.856. The third-order valence-corrected chi connectivity index (χ3v) is 2.83. The Labute approximate surface area is 101 Å². The molecule has 17 heavy (non-hydrogen) atoms. The Kier molecular flexibility index (Phi) is 3.75. The third-order valence-electron chi connectivity index (χ3n) is 2.83. The summed E-state index contributed by atoms with van der Waals surface area (Å²) in [5, 5.41) is 8.11. The average Bonchev–Trinajstić information content (AvgIpc) is 2.76. The van der Waals surface area contributed by atoms with Gasteiger partial charge in [0.2, 0.25) is 0 Å². The second-order valence-corrected chi connectivity index (χ2v) is 4.14. The number of nitrogen functional groups attached to an aromatic ring is 1. The highest BCUT2D eigenvalue weighted by Gasteiger charge is 2.05. The van der Waals surface area contributed by atoms with E-state index in [1.807, 2.05) is 18.2 Å². The van der Waals surface area contributed by atoms with Crippen LogP contribution in [0.2, 0.25) is 0 Å². The lowest BCUT2D eigenvalue weighted by Gasteiger charge is -2.06. The van der Waals surface area contributed by atoms with Crippen LogP contribution >= 0.6 is 0 Å². The Hall–Kier alpha value is -1.84. The van der Waals surface area contributed by atoms with E-state index in [2.05, 4.69) is 27.8 Å². The standard InChI is InChI=1S/C13H18N4/c1-2-9-17-10-15-16-13(17)8-7-11-5-3-4-6-12(11)14/h3-6,10H,2,7-9,14H2,1H3. The number of hydrogen-bond acceptors (Lipinski definition) is 3. The highest BCUT2D eigenvalue weighted by molar-refractivity contribution is 5.46. The van der Waals surface area contributed by atoms with E-state index < -0.39 is 0 Å². The van der Waals surface area contributed by atoms with Gasteiger partial charge in [-0.25, -0.2) is 0 Å². The number of aromatic nitrogens is 3. The van der Waals surface area contributed by atoms with Crippen LogP contribution in [-0.4, -0.2) is 14.8 Å². The van der Waals surface area contributed by atoms with E-state index in [1.165, 1.54) is 5.56 Å². The van der Waals surface area contributed by atoms with E-state index in [9.17, 15) is 0 Å². The minimum Gasteiger partial charge on any atom is -0.399 e. The predicted molar refractivity (Wildman–Crippen MR) is 68.6 cm³/mol. The molecule has 4 heteroatoms. The lowest BCUT2D eigenvalue weighted by molar-refractivity contribution is 0.633. The van der Waals surface area contributed by atoms with Gasteiger partial charge in [-0.3, -0.25) is 0 Å². The summed E-state index contributed by atoms with van der Waals surface area (Å²) in [4.78, 5) is 0. The zero-order valence-electron chi connectivity index (χ0n) is 10.1. The van der Waals surface area contributed by atoms with Crippen molar-refractivity contribution in [2.75, 3.05) is 5.73 Å². The molecule has 0 fully saturated rings. The normalized spacial score (nSPS) is 10.6. The quantitative estimate of drug-likeness (QED) is 0.800. The number of nitrogens with two attached hydrogens (primary N) is 1. The molecule has 2 aromatic rings. The Morgan fingerprint density at radius 2 is 2.06 bits per heavy atom. The number of aryl methyl sites for hydroxylation is 3. The molecule has 0 radical (unpaired) electrons. The van der Waals surface area contributed by atoms with E-state index in [0.29, 0.717) is 0 Å². The molecule has 0 aliphatic carbocycles. The largest absolute Gasteiger partial charge is 0.399 e. The molecule has 4 nitrogen and oxygen atoms in total. The van der Waals surface area contributed by atoms with Gasteiger partial charge >= 0.3 is 0 Å². The van der Waals surface area contributed by atoms with Crippen molar-refractivity contribution in [3.63, 3.8) is 0 Å². The van der Waals surface area contributed by atoms with Crippen molar-refractivity contribution in [1.29, 1.82) is 0 Å². The number of rotatable bonds is 5. The van der Waals surface area contributed by atoms with Gasteiger partial charge in [-0.05, 0) is 24.5 Å². The van der Waals surface area contributed by atoms with E-state index in [1.54, 1.807) is 6.33 Å². The number of nitrogens with zero attached hydrogens (tertiary/aromatic N) is 3. The zero-order chi connectivity index (χ0) is 12.1. The number of hydrogen-bond donors (Lipinski definition) is 1. The van der Waals surface area contributed by atoms with Crippen LogP contribution in [0, 0.1) is 0 Å².